The van der Waals surface area contributed by atoms with Crippen LogP contribution < -0.4 is 14.8 Å². The number of carboxylic acids is 1. The van der Waals surface area contributed by atoms with Crippen molar-refractivity contribution in [1.29, 1.82) is 0 Å². The van der Waals surface area contributed by atoms with Crippen molar-refractivity contribution in [3.8, 4) is 11.5 Å². The number of alkyl halides is 3. The summed E-state index contributed by atoms with van der Waals surface area (Å²) in [5.74, 6) is -0.447. The van der Waals surface area contributed by atoms with E-state index in [1.165, 1.54) is 19.2 Å². The number of ketones is 1. The van der Waals surface area contributed by atoms with Gasteiger partial charge in [-0.1, -0.05) is 23.7 Å². The summed E-state index contributed by atoms with van der Waals surface area (Å²) >= 11 is 6.12. The van der Waals surface area contributed by atoms with Crippen LogP contribution in [0.1, 0.15) is 59.5 Å². The summed E-state index contributed by atoms with van der Waals surface area (Å²) in [6, 6.07) is 13.7. The highest BCUT2D eigenvalue weighted by atomic mass is 35.5. The number of fused-ring (bicyclic) bond motifs is 1. The van der Waals surface area contributed by atoms with Crippen LogP contribution in [-0.2, 0) is 28.6 Å². The van der Waals surface area contributed by atoms with Gasteiger partial charge in [0.25, 0.3) is 0 Å². The molecule has 2 atom stereocenters. The average Bonchev–Trinajstić information content (AvgIpc) is 3.17. The Balaban J connectivity index is 1.59. The lowest BCUT2D eigenvalue weighted by Gasteiger charge is -2.24. The molecule has 224 valence electrons. The maximum atomic E-state index is 14.1. The first kappa shape index (κ1) is 31.2. The number of rotatable bonds is 11. The Hall–Kier alpha value is -3.72. The highest BCUT2D eigenvalue weighted by Crippen LogP contribution is 2.37. The third kappa shape index (κ3) is 7.97. The number of anilines is 1. The van der Waals surface area contributed by atoms with Gasteiger partial charge in [0.15, 0.2) is 5.78 Å². The monoisotopic (exact) mass is 603 g/mol. The highest BCUT2D eigenvalue weighted by molar-refractivity contribution is 6.30. The van der Waals surface area contributed by atoms with E-state index >= 15 is 0 Å². The highest BCUT2D eigenvalue weighted by Gasteiger charge is 2.34. The molecule has 3 aromatic carbocycles. The molecular formula is C32H33ClF3NO5. The molecule has 0 aliphatic heterocycles. The van der Waals surface area contributed by atoms with Crippen molar-refractivity contribution < 1.29 is 37.3 Å². The molecule has 0 spiro atoms. The molecule has 0 saturated carbocycles. The predicted octanol–water partition coefficient (Wildman–Crippen LogP) is 7.84. The second-order valence-electron chi connectivity index (χ2n) is 10.5. The van der Waals surface area contributed by atoms with Crippen LogP contribution in [0.2, 0.25) is 5.02 Å². The fourth-order valence-electron chi connectivity index (χ4n) is 5.36. The second-order valence-corrected chi connectivity index (χ2v) is 10.9. The fraction of sp³-hybridized carbons (Fsp3) is 0.375. The zero-order valence-corrected chi connectivity index (χ0v) is 24.1. The number of aryl methyl sites for hydroxylation is 2. The van der Waals surface area contributed by atoms with Crippen LogP contribution in [0, 0.1) is 12.8 Å². The molecule has 0 saturated heterocycles. The maximum absolute atomic E-state index is 14.1. The molecule has 6 nitrogen and oxygen atoms in total. The Morgan fingerprint density at radius 1 is 1.05 bits per heavy atom. The Morgan fingerprint density at radius 2 is 1.74 bits per heavy atom. The second kappa shape index (κ2) is 13.5. The number of hydrogen-bond donors (Lipinski definition) is 2. The molecule has 0 radical (unpaired) electrons. The van der Waals surface area contributed by atoms with Crippen molar-refractivity contribution in [3.63, 3.8) is 0 Å². The lowest BCUT2D eigenvalue weighted by atomic mass is 9.87. The summed E-state index contributed by atoms with van der Waals surface area (Å²) in [5.41, 5.74) is 2.70. The summed E-state index contributed by atoms with van der Waals surface area (Å²) < 4.78 is 51.6. The standard InChI is InChI=1S/C32H33ClF3NO5/c1-19-14-23(32(34,35)36)15-22-6-5-21(9-12-28(19)22)31(40)30(20-7-10-24(33)11-8-20)37-25-16-26(41-2)18-27(17-25)42-13-3-4-29(38)39/h7-8,10-11,14-18,21,30,37H,3-6,9,12-13H2,1-2H3,(H,38,39). The number of hydrogen-bond acceptors (Lipinski definition) is 5. The zero-order chi connectivity index (χ0) is 30.4. The summed E-state index contributed by atoms with van der Waals surface area (Å²) in [4.78, 5) is 24.9. The first-order valence-corrected chi connectivity index (χ1v) is 14.1. The minimum Gasteiger partial charge on any atom is -0.497 e. The van der Waals surface area contributed by atoms with E-state index in [0.717, 1.165) is 5.56 Å². The van der Waals surface area contributed by atoms with Crippen molar-refractivity contribution in [2.24, 2.45) is 5.92 Å². The number of benzene rings is 3. The molecule has 0 heterocycles. The summed E-state index contributed by atoms with van der Waals surface area (Å²) in [6.07, 6.45) is -2.30. The first-order valence-electron chi connectivity index (χ1n) is 13.7. The third-order valence-corrected chi connectivity index (χ3v) is 7.77. The Morgan fingerprint density at radius 3 is 2.40 bits per heavy atom. The fourth-order valence-corrected chi connectivity index (χ4v) is 5.48. The molecule has 0 fully saturated rings. The normalized spacial score (nSPS) is 15.7. The van der Waals surface area contributed by atoms with E-state index in [2.05, 4.69) is 5.32 Å². The molecule has 2 unspecified atom stereocenters. The molecule has 2 N–H and O–H groups in total. The van der Waals surface area contributed by atoms with E-state index in [-0.39, 0.29) is 18.8 Å². The molecule has 4 rings (SSSR count). The van der Waals surface area contributed by atoms with Gasteiger partial charge in [0, 0.05) is 41.2 Å². The number of nitrogens with one attached hydrogen (secondary N) is 1. The van der Waals surface area contributed by atoms with Crippen molar-refractivity contribution in [3.05, 3.63) is 87.4 Å². The summed E-state index contributed by atoms with van der Waals surface area (Å²) in [6.45, 7) is 1.88. The molecule has 3 aromatic rings. The van der Waals surface area contributed by atoms with Gasteiger partial charge in [-0.05, 0) is 85.5 Å². The van der Waals surface area contributed by atoms with Crippen LogP contribution in [0.4, 0.5) is 18.9 Å². The quantitative estimate of drug-likeness (QED) is 0.172. The number of methoxy groups -OCH3 is 1. The first-order chi connectivity index (χ1) is 19.9. The smallest absolute Gasteiger partial charge is 0.416 e. The number of halogens is 4. The molecule has 10 heteroatoms. The summed E-state index contributed by atoms with van der Waals surface area (Å²) in [5, 5.41) is 12.7. The predicted molar refractivity (Wildman–Crippen MR) is 154 cm³/mol. The van der Waals surface area contributed by atoms with Crippen molar-refractivity contribution in [1.82, 2.24) is 0 Å². The Kier molecular flexibility index (Phi) is 10.0. The van der Waals surface area contributed by atoms with E-state index in [4.69, 9.17) is 26.2 Å². The number of carbonyl (C=O) groups excluding carboxylic acids is 1. The largest absolute Gasteiger partial charge is 0.497 e. The van der Waals surface area contributed by atoms with Gasteiger partial charge < -0.3 is 19.9 Å². The number of carboxylic acid groups (broad SMARTS) is 1. The van der Waals surface area contributed by atoms with Crippen molar-refractivity contribution in [2.75, 3.05) is 19.0 Å². The molecule has 0 bridgehead atoms. The van der Waals surface area contributed by atoms with Crippen LogP contribution in [0.5, 0.6) is 11.5 Å². The molecule has 1 aliphatic rings. The van der Waals surface area contributed by atoms with Crippen LogP contribution >= 0.6 is 11.6 Å². The van der Waals surface area contributed by atoms with Crippen LogP contribution in [0.3, 0.4) is 0 Å². The number of ether oxygens (including phenoxy) is 2. The Labute approximate surface area is 247 Å². The van der Waals surface area contributed by atoms with Crippen LogP contribution in [-0.4, -0.2) is 30.6 Å². The molecule has 0 amide bonds. The summed E-state index contributed by atoms with van der Waals surface area (Å²) in [7, 11) is 1.50. The van der Waals surface area contributed by atoms with Crippen molar-refractivity contribution >= 4 is 29.0 Å². The van der Waals surface area contributed by atoms with Crippen LogP contribution in [0.15, 0.2) is 54.6 Å². The lowest BCUT2D eigenvalue weighted by molar-refractivity contribution is -0.138. The lowest BCUT2D eigenvalue weighted by Crippen LogP contribution is -2.28. The van der Waals surface area contributed by atoms with Gasteiger partial charge in [0.1, 0.15) is 17.5 Å². The van der Waals surface area contributed by atoms with E-state index < -0.39 is 29.7 Å². The molecule has 1 aliphatic carbocycles. The number of Topliss-reactive ketones (excluding diaryl/α,β-unsaturated/α-hetero) is 1. The van der Waals surface area contributed by atoms with Gasteiger partial charge in [-0.25, -0.2) is 0 Å². The maximum Gasteiger partial charge on any atom is 0.416 e. The van der Waals surface area contributed by atoms with Gasteiger partial charge in [-0.15, -0.1) is 0 Å². The SMILES string of the molecule is COc1cc(NC(C(=O)C2CCc3cc(C(F)(F)F)cc(C)c3CC2)c2ccc(Cl)cc2)cc(OCCCC(=O)O)c1. The van der Waals surface area contributed by atoms with Gasteiger partial charge >= 0.3 is 12.1 Å². The third-order valence-electron chi connectivity index (χ3n) is 7.52. The van der Waals surface area contributed by atoms with Crippen LogP contribution in [0.25, 0.3) is 0 Å². The number of aliphatic carboxylic acids is 1. The molecule has 0 aromatic heterocycles. The van der Waals surface area contributed by atoms with E-state index in [0.29, 0.717) is 71.0 Å². The topological polar surface area (TPSA) is 84.9 Å². The van der Waals surface area contributed by atoms with Gasteiger partial charge in [0.05, 0.1) is 19.3 Å². The average molecular weight is 604 g/mol. The van der Waals surface area contributed by atoms with Gasteiger partial charge in [0.2, 0.25) is 0 Å². The number of carbonyl (C=O) groups is 2. The van der Waals surface area contributed by atoms with E-state index in [9.17, 15) is 22.8 Å². The molecular weight excluding hydrogens is 571 g/mol. The van der Waals surface area contributed by atoms with E-state index in [1.807, 2.05) is 0 Å². The minimum atomic E-state index is -4.43. The van der Waals surface area contributed by atoms with Gasteiger partial charge in [-0.2, -0.15) is 13.2 Å². The Bertz CT molecular complexity index is 1420. The van der Waals surface area contributed by atoms with Crippen molar-refractivity contribution in [2.45, 2.75) is 57.7 Å². The minimum absolute atomic E-state index is 0.0233. The van der Waals surface area contributed by atoms with E-state index in [1.54, 1.807) is 49.4 Å². The zero-order valence-electron chi connectivity index (χ0n) is 23.4. The van der Waals surface area contributed by atoms with Gasteiger partial charge in [-0.3, -0.25) is 9.59 Å². The molecule has 42 heavy (non-hydrogen) atoms.